The molecule has 5 nitrogen and oxygen atoms in total. The molecule has 0 spiro atoms. The first-order chi connectivity index (χ1) is 7.08. The topological polar surface area (TPSA) is 69.8 Å². The summed E-state index contributed by atoms with van der Waals surface area (Å²) in [5.41, 5.74) is 0.936. The molecule has 15 heavy (non-hydrogen) atoms. The number of nitrogens with one attached hydrogen (secondary N) is 3. The SMILES string of the molecule is Cc1cc(NC(=O)CCNC(C)C)n[nH]1. The molecule has 0 aromatic carbocycles. The molecular formula is C10H18N4O. The number of H-pyrrole nitrogens is 1. The number of carbonyl (C=O) groups is 1. The summed E-state index contributed by atoms with van der Waals surface area (Å²) in [5, 5.41) is 12.6. The van der Waals surface area contributed by atoms with Gasteiger partial charge in [0.15, 0.2) is 5.82 Å². The molecular weight excluding hydrogens is 192 g/mol. The van der Waals surface area contributed by atoms with Crippen LogP contribution in [0.1, 0.15) is 26.0 Å². The maximum atomic E-state index is 11.4. The number of carbonyl (C=O) groups excluding carboxylic acids is 1. The Morgan fingerprint density at radius 1 is 1.60 bits per heavy atom. The zero-order valence-electron chi connectivity index (χ0n) is 9.42. The van der Waals surface area contributed by atoms with Gasteiger partial charge in [-0.1, -0.05) is 13.8 Å². The maximum Gasteiger partial charge on any atom is 0.226 e. The van der Waals surface area contributed by atoms with Gasteiger partial charge in [-0.15, -0.1) is 0 Å². The minimum absolute atomic E-state index is 0.0188. The molecule has 1 aromatic rings. The third kappa shape index (κ3) is 4.60. The predicted molar refractivity (Wildman–Crippen MR) is 59.7 cm³/mol. The van der Waals surface area contributed by atoms with Gasteiger partial charge in [0.1, 0.15) is 0 Å². The Labute approximate surface area is 89.6 Å². The molecule has 0 aliphatic rings. The number of aromatic nitrogens is 2. The summed E-state index contributed by atoms with van der Waals surface area (Å²) in [6.07, 6.45) is 0.462. The van der Waals surface area contributed by atoms with Gasteiger partial charge < -0.3 is 10.6 Å². The van der Waals surface area contributed by atoms with Crippen molar-refractivity contribution >= 4 is 11.7 Å². The molecule has 0 saturated heterocycles. The first kappa shape index (κ1) is 11.7. The van der Waals surface area contributed by atoms with Gasteiger partial charge in [0.2, 0.25) is 5.91 Å². The fourth-order valence-corrected chi connectivity index (χ4v) is 1.16. The molecule has 0 radical (unpaired) electrons. The van der Waals surface area contributed by atoms with Crippen molar-refractivity contribution in [1.82, 2.24) is 15.5 Å². The summed E-state index contributed by atoms with van der Waals surface area (Å²) in [4.78, 5) is 11.4. The lowest BCUT2D eigenvalue weighted by Crippen LogP contribution is -2.27. The summed E-state index contributed by atoms with van der Waals surface area (Å²) < 4.78 is 0. The minimum Gasteiger partial charge on any atom is -0.314 e. The average molecular weight is 210 g/mol. The average Bonchev–Trinajstić information content (AvgIpc) is 2.50. The van der Waals surface area contributed by atoms with Gasteiger partial charge in [-0.2, -0.15) is 5.10 Å². The van der Waals surface area contributed by atoms with E-state index in [0.29, 0.717) is 24.8 Å². The van der Waals surface area contributed by atoms with Crippen molar-refractivity contribution in [2.24, 2.45) is 0 Å². The first-order valence-electron chi connectivity index (χ1n) is 5.13. The van der Waals surface area contributed by atoms with Crippen LogP contribution in [0.4, 0.5) is 5.82 Å². The number of rotatable bonds is 5. The standard InChI is InChI=1S/C10H18N4O/c1-7(2)11-5-4-10(15)12-9-6-8(3)13-14-9/h6-7,11H,4-5H2,1-3H3,(H2,12,13,14,15). The molecule has 3 N–H and O–H groups in total. The lowest BCUT2D eigenvalue weighted by molar-refractivity contribution is -0.116. The first-order valence-corrected chi connectivity index (χ1v) is 5.13. The second-order valence-electron chi connectivity index (χ2n) is 3.84. The van der Waals surface area contributed by atoms with Crippen LogP contribution in [0.15, 0.2) is 6.07 Å². The number of nitrogens with zero attached hydrogens (tertiary/aromatic N) is 1. The normalized spacial score (nSPS) is 10.7. The van der Waals surface area contributed by atoms with E-state index in [2.05, 4.69) is 34.7 Å². The van der Waals surface area contributed by atoms with Gasteiger partial charge in [-0.3, -0.25) is 9.89 Å². The van der Waals surface area contributed by atoms with E-state index in [0.717, 1.165) is 5.69 Å². The van der Waals surface area contributed by atoms with Crippen LogP contribution in [0, 0.1) is 6.92 Å². The summed E-state index contributed by atoms with van der Waals surface area (Å²) >= 11 is 0. The summed E-state index contributed by atoms with van der Waals surface area (Å²) in [7, 11) is 0. The van der Waals surface area contributed by atoms with Crippen LogP contribution in [-0.2, 0) is 4.79 Å². The van der Waals surface area contributed by atoms with Crippen molar-refractivity contribution in [2.75, 3.05) is 11.9 Å². The van der Waals surface area contributed by atoms with Gasteiger partial charge >= 0.3 is 0 Å². The second-order valence-corrected chi connectivity index (χ2v) is 3.84. The maximum absolute atomic E-state index is 11.4. The number of hydrogen-bond donors (Lipinski definition) is 3. The van der Waals surface area contributed by atoms with E-state index in [1.165, 1.54) is 0 Å². The molecule has 84 valence electrons. The van der Waals surface area contributed by atoms with Crippen molar-refractivity contribution in [3.05, 3.63) is 11.8 Å². The molecule has 0 bridgehead atoms. The van der Waals surface area contributed by atoms with Gasteiger partial charge in [0.05, 0.1) is 0 Å². The molecule has 1 aromatic heterocycles. The molecule has 1 amide bonds. The quantitative estimate of drug-likeness (QED) is 0.680. The Balaban J connectivity index is 2.24. The largest absolute Gasteiger partial charge is 0.314 e. The van der Waals surface area contributed by atoms with E-state index in [-0.39, 0.29) is 5.91 Å². The van der Waals surface area contributed by atoms with Crippen LogP contribution < -0.4 is 10.6 Å². The Morgan fingerprint density at radius 2 is 2.33 bits per heavy atom. The molecule has 0 atom stereocenters. The molecule has 0 unspecified atom stereocenters. The number of anilines is 1. The summed E-state index contributed by atoms with van der Waals surface area (Å²) in [5.74, 6) is 0.566. The highest BCUT2D eigenvalue weighted by Crippen LogP contribution is 2.03. The second kappa shape index (κ2) is 5.50. The third-order valence-corrected chi connectivity index (χ3v) is 1.88. The van der Waals surface area contributed by atoms with E-state index in [9.17, 15) is 4.79 Å². The van der Waals surface area contributed by atoms with Crippen LogP contribution in [0.25, 0.3) is 0 Å². The van der Waals surface area contributed by atoms with Crippen LogP contribution in [0.2, 0.25) is 0 Å². The highest BCUT2D eigenvalue weighted by molar-refractivity contribution is 5.89. The molecule has 0 aliphatic heterocycles. The Kier molecular flexibility index (Phi) is 4.30. The Bertz CT molecular complexity index is 319. The van der Waals surface area contributed by atoms with E-state index in [1.807, 2.05) is 6.92 Å². The van der Waals surface area contributed by atoms with Crippen molar-refractivity contribution in [1.29, 1.82) is 0 Å². The van der Waals surface area contributed by atoms with Crippen LogP contribution in [-0.4, -0.2) is 28.7 Å². The molecule has 1 rings (SSSR count). The van der Waals surface area contributed by atoms with Crippen LogP contribution in [0.5, 0.6) is 0 Å². The van der Waals surface area contributed by atoms with Gasteiger partial charge in [0.25, 0.3) is 0 Å². The molecule has 5 heteroatoms. The molecule has 0 saturated carbocycles. The van der Waals surface area contributed by atoms with Crippen molar-refractivity contribution in [3.63, 3.8) is 0 Å². The highest BCUT2D eigenvalue weighted by atomic mass is 16.1. The fraction of sp³-hybridized carbons (Fsp3) is 0.600. The van der Waals surface area contributed by atoms with E-state index in [4.69, 9.17) is 0 Å². The molecule has 1 heterocycles. The van der Waals surface area contributed by atoms with Gasteiger partial charge in [-0.05, 0) is 6.92 Å². The van der Waals surface area contributed by atoms with Crippen molar-refractivity contribution < 1.29 is 4.79 Å². The predicted octanol–water partition coefficient (Wildman–Crippen LogP) is 1.04. The number of aromatic amines is 1. The lowest BCUT2D eigenvalue weighted by Gasteiger charge is -2.06. The van der Waals surface area contributed by atoms with Gasteiger partial charge in [-0.25, -0.2) is 0 Å². The van der Waals surface area contributed by atoms with E-state index in [1.54, 1.807) is 6.07 Å². The van der Waals surface area contributed by atoms with Crippen molar-refractivity contribution in [2.45, 2.75) is 33.2 Å². The minimum atomic E-state index is -0.0188. The fourth-order valence-electron chi connectivity index (χ4n) is 1.16. The zero-order valence-corrected chi connectivity index (χ0v) is 9.42. The number of hydrogen-bond acceptors (Lipinski definition) is 3. The number of amides is 1. The van der Waals surface area contributed by atoms with E-state index < -0.39 is 0 Å². The number of aryl methyl sites for hydroxylation is 1. The van der Waals surface area contributed by atoms with Gasteiger partial charge in [0, 0.05) is 30.8 Å². The highest BCUT2D eigenvalue weighted by Gasteiger charge is 2.04. The molecule has 0 fully saturated rings. The zero-order chi connectivity index (χ0) is 11.3. The Morgan fingerprint density at radius 3 is 2.87 bits per heavy atom. The third-order valence-electron chi connectivity index (χ3n) is 1.88. The van der Waals surface area contributed by atoms with Crippen LogP contribution >= 0.6 is 0 Å². The molecule has 0 aliphatic carbocycles. The smallest absolute Gasteiger partial charge is 0.226 e. The van der Waals surface area contributed by atoms with Crippen LogP contribution in [0.3, 0.4) is 0 Å². The lowest BCUT2D eigenvalue weighted by atomic mass is 10.3. The van der Waals surface area contributed by atoms with E-state index >= 15 is 0 Å². The monoisotopic (exact) mass is 210 g/mol. The Hall–Kier alpha value is -1.36. The van der Waals surface area contributed by atoms with Crippen molar-refractivity contribution in [3.8, 4) is 0 Å². The summed E-state index contributed by atoms with van der Waals surface area (Å²) in [6.45, 7) is 6.68. The summed E-state index contributed by atoms with van der Waals surface area (Å²) in [6, 6.07) is 2.21.